The molecule has 1 fully saturated rings. The van der Waals surface area contributed by atoms with Crippen LogP contribution < -0.4 is 5.32 Å². The van der Waals surface area contributed by atoms with E-state index < -0.39 is 22.7 Å². The lowest BCUT2D eigenvalue weighted by atomic mass is 9.79. The molecule has 9 heteroatoms. The molecule has 2 aromatic rings. The van der Waals surface area contributed by atoms with Gasteiger partial charge in [-0.05, 0) is 25.0 Å². The van der Waals surface area contributed by atoms with Gasteiger partial charge in [0.25, 0.3) is 5.69 Å². The lowest BCUT2D eigenvalue weighted by molar-refractivity contribution is -0.384. The minimum Gasteiger partial charge on any atom is -0.481 e. The minimum absolute atomic E-state index is 0.00508. The fraction of sp³-hybridized carbons (Fsp3) is 0.353. The van der Waals surface area contributed by atoms with E-state index in [1.54, 1.807) is 17.5 Å². The predicted molar refractivity (Wildman–Crippen MR) is 95.9 cm³/mol. The number of carboxylic acid groups (broad SMARTS) is 1. The molecule has 8 nitrogen and oxygen atoms in total. The van der Waals surface area contributed by atoms with E-state index in [0.717, 1.165) is 12.8 Å². The summed E-state index contributed by atoms with van der Waals surface area (Å²) in [5, 5.41) is 24.8. The van der Waals surface area contributed by atoms with Gasteiger partial charge in [-0.2, -0.15) is 0 Å². The van der Waals surface area contributed by atoms with Crippen LogP contribution in [0, 0.1) is 22.0 Å². The number of nitrogens with one attached hydrogen (secondary N) is 1. The molecule has 136 valence electrons. The molecule has 2 atom stereocenters. The fourth-order valence-corrected chi connectivity index (χ4v) is 3.88. The highest BCUT2D eigenvalue weighted by atomic mass is 32.1. The summed E-state index contributed by atoms with van der Waals surface area (Å²) in [6, 6.07) is 5.99. The Labute approximate surface area is 153 Å². The van der Waals surface area contributed by atoms with Crippen molar-refractivity contribution in [1.29, 1.82) is 0 Å². The van der Waals surface area contributed by atoms with E-state index in [9.17, 15) is 24.8 Å². The summed E-state index contributed by atoms with van der Waals surface area (Å²) < 4.78 is 0. The number of aromatic nitrogens is 1. The molecule has 26 heavy (non-hydrogen) atoms. The number of nitrogens with zero attached hydrogens (tertiary/aromatic N) is 2. The number of nitro benzene ring substituents is 1. The summed E-state index contributed by atoms with van der Waals surface area (Å²) in [6.07, 6.45) is 2.73. The van der Waals surface area contributed by atoms with Crippen LogP contribution in [-0.2, 0) is 9.59 Å². The molecule has 0 spiro atoms. The molecule has 3 rings (SSSR count). The first kappa shape index (κ1) is 18.0. The number of benzene rings is 1. The van der Waals surface area contributed by atoms with Gasteiger partial charge in [0.1, 0.15) is 0 Å². The maximum absolute atomic E-state index is 12.5. The van der Waals surface area contributed by atoms with E-state index in [2.05, 4.69) is 10.3 Å². The van der Waals surface area contributed by atoms with Gasteiger partial charge in [0.2, 0.25) is 5.91 Å². The predicted octanol–water partition coefficient (Wildman–Crippen LogP) is 3.55. The second-order valence-corrected chi connectivity index (χ2v) is 7.02. The number of anilines is 1. The number of hydrogen-bond donors (Lipinski definition) is 2. The molecule has 1 aromatic carbocycles. The van der Waals surface area contributed by atoms with Crippen molar-refractivity contribution in [3.63, 3.8) is 0 Å². The van der Waals surface area contributed by atoms with Crippen molar-refractivity contribution in [2.45, 2.75) is 25.7 Å². The SMILES string of the molecule is O=C(O)C1CCCCC1C(=O)Nc1nc(-c2ccc([N+](=O)[O-])cc2)cs1. The van der Waals surface area contributed by atoms with Crippen molar-refractivity contribution < 1.29 is 19.6 Å². The van der Waals surface area contributed by atoms with Gasteiger partial charge in [0, 0.05) is 23.1 Å². The van der Waals surface area contributed by atoms with Crippen molar-refractivity contribution in [1.82, 2.24) is 4.98 Å². The number of rotatable bonds is 5. The van der Waals surface area contributed by atoms with E-state index in [-0.39, 0.29) is 11.6 Å². The Hall–Kier alpha value is -2.81. The van der Waals surface area contributed by atoms with E-state index in [0.29, 0.717) is 29.2 Å². The fourth-order valence-electron chi connectivity index (χ4n) is 3.16. The first-order valence-corrected chi connectivity index (χ1v) is 9.07. The minimum atomic E-state index is -0.935. The van der Waals surface area contributed by atoms with Crippen molar-refractivity contribution in [2.24, 2.45) is 11.8 Å². The van der Waals surface area contributed by atoms with Crippen LogP contribution >= 0.6 is 11.3 Å². The highest BCUT2D eigenvalue weighted by Gasteiger charge is 2.35. The molecule has 1 amide bonds. The van der Waals surface area contributed by atoms with Crippen LogP contribution in [0.3, 0.4) is 0 Å². The number of aliphatic carboxylic acids is 1. The van der Waals surface area contributed by atoms with Crippen LogP contribution in [0.1, 0.15) is 25.7 Å². The standard InChI is InChI=1S/C17H17N3O5S/c21-15(12-3-1-2-4-13(12)16(22)23)19-17-18-14(9-26-17)10-5-7-11(8-6-10)20(24)25/h5-9,12-13H,1-4H2,(H,22,23)(H,18,19,21). The van der Waals surface area contributed by atoms with Gasteiger partial charge in [-0.3, -0.25) is 19.7 Å². The Balaban J connectivity index is 1.70. The monoisotopic (exact) mass is 375 g/mol. The molecular weight excluding hydrogens is 358 g/mol. The molecule has 0 radical (unpaired) electrons. The zero-order chi connectivity index (χ0) is 18.7. The van der Waals surface area contributed by atoms with Crippen molar-refractivity contribution >= 4 is 34.0 Å². The van der Waals surface area contributed by atoms with Gasteiger partial charge in [0.05, 0.1) is 22.5 Å². The van der Waals surface area contributed by atoms with Crippen LogP contribution in [0.2, 0.25) is 0 Å². The van der Waals surface area contributed by atoms with Gasteiger partial charge in [-0.25, -0.2) is 4.98 Å². The average Bonchev–Trinajstić information content (AvgIpc) is 3.10. The van der Waals surface area contributed by atoms with Gasteiger partial charge < -0.3 is 10.4 Å². The molecular formula is C17H17N3O5S. The van der Waals surface area contributed by atoms with Gasteiger partial charge >= 0.3 is 5.97 Å². The number of hydrogen-bond acceptors (Lipinski definition) is 6. The highest BCUT2D eigenvalue weighted by molar-refractivity contribution is 7.14. The summed E-state index contributed by atoms with van der Waals surface area (Å²) in [5.74, 6) is -2.46. The van der Waals surface area contributed by atoms with Crippen LogP contribution in [0.4, 0.5) is 10.8 Å². The van der Waals surface area contributed by atoms with Gasteiger partial charge in [0.15, 0.2) is 5.13 Å². The summed E-state index contributed by atoms with van der Waals surface area (Å²) in [6.45, 7) is 0. The molecule has 1 saturated carbocycles. The Morgan fingerprint density at radius 1 is 1.19 bits per heavy atom. The second kappa shape index (κ2) is 7.61. The summed E-state index contributed by atoms with van der Waals surface area (Å²) in [5.41, 5.74) is 1.29. The topological polar surface area (TPSA) is 122 Å². The Morgan fingerprint density at radius 3 is 2.46 bits per heavy atom. The quantitative estimate of drug-likeness (QED) is 0.609. The molecule has 1 aliphatic rings. The summed E-state index contributed by atoms with van der Waals surface area (Å²) >= 11 is 1.23. The third kappa shape index (κ3) is 3.88. The molecule has 0 aliphatic heterocycles. The summed E-state index contributed by atoms with van der Waals surface area (Å²) in [7, 11) is 0. The van der Waals surface area contributed by atoms with Crippen LogP contribution in [-0.4, -0.2) is 26.9 Å². The first-order valence-electron chi connectivity index (χ1n) is 8.19. The Bertz CT molecular complexity index is 833. The number of carbonyl (C=O) groups is 2. The molecule has 1 heterocycles. The van der Waals surface area contributed by atoms with Gasteiger partial charge in [-0.1, -0.05) is 12.8 Å². The molecule has 0 saturated heterocycles. The normalized spacial score (nSPS) is 19.7. The maximum atomic E-state index is 12.5. The zero-order valence-corrected chi connectivity index (χ0v) is 14.6. The number of carbonyl (C=O) groups excluding carboxylic acids is 1. The molecule has 0 bridgehead atoms. The van der Waals surface area contributed by atoms with Crippen molar-refractivity contribution in [2.75, 3.05) is 5.32 Å². The van der Waals surface area contributed by atoms with Gasteiger partial charge in [-0.15, -0.1) is 11.3 Å². The lowest BCUT2D eigenvalue weighted by Crippen LogP contribution is -2.36. The third-order valence-corrected chi connectivity index (χ3v) is 5.29. The summed E-state index contributed by atoms with van der Waals surface area (Å²) in [4.78, 5) is 38.4. The number of non-ortho nitro benzene ring substituents is 1. The van der Waals surface area contributed by atoms with Crippen LogP contribution in [0.5, 0.6) is 0 Å². The van der Waals surface area contributed by atoms with E-state index in [1.807, 2.05) is 0 Å². The number of nitro groups is 1. The van der Waals surface area contributed by atoms with Crippen molar-refractivity contribution in [3.8, 4) is 11.3 Å². The Morgan fingerprint density at radius 2 is 1.85 bits per heavy atom. The van der Waals surface area contributed by atoms with E-state index in [1.165, 1.54) is 23.5 Å². The third-order valence-electron chi connectivity index (χ3n) is 4.53. The lowest BCUT2D eigenvalue weighted by Gasteiger charge is -2.26. The average molecular weight is 375 g/mol. The van der Waals surface area contributed by atoms with E-state index >= 15 is 0 Å². The van der Waals surface area contributed by atoms with Crippen LogP contribution in [0.15, 0.2) is 29.6 Å². The van der Waals surface area contributed by atoms with E-state index in [4.69, 9.17) is 0 Å². The molecule has 2 N–H and O–H groups in total. The maximum Gasteiger partial charge on any atom is 0.307 e. The number of amides is 1. The second-order valence-electron chi connectivity index (χ2n) is 6.17. The molecule has 1 aliphatic carbocycles. The number of carboxylic acids is 1. The molecule has 2 unspecified atom stereocenters. The zero-order valence-electron chi connectivity index (χ0n) is 13.8. The van der Waals surface area contributed by atoms with Crippen molar-refractivity contribution in [3.05, 3.63) is 39.8 Å². The van der Waals surface area contributed by atoms with Crippen LogP contribution in [0.25, 0.3) is 11.3 Å². The molecule has 1 aromatic heterocycles. The first-order chi connectivity index (χ1) is 12.5. The smallest absolute Gasteiger partial charge is 0.307 e. The largest absolute Gasteiger partial charge is 0.481 e. The highest BCUT2D eigenvalue weighted by Crippen LogP contribution is 2.32. The number of thiazole rings is 1. The Kier molecular flexibility index (Phi) is 5.27.